The van der Waals surface area contributed by atoms with Crippen molar-refractivity contribution in [1.82, 2.24) is 24.4 Å². The van der Waals surface area contributed by atoms with E-state index in [1.807, 2.05) is 9.47 Å². The van der Waals surface area contributed by atoms with E-state index in [1.54, 1.807) is 6.33 Å². The fourth-order valence-corrected chi connectivity index (χ4v) is 4.07. The first-order chi connectivity index (χ1) is 13.5. The van der Waals surface area contributed by atoms with Gasteiger partial charge < -0.3 is 15.2 Å². The number of imidazole rings is 1. The molecule has 1 saturated heterocycles. The number of carbonyl (C=O) groups is 1. The first-order valence-corrected chi connectivity index (χ1v) is 9.80. The topological polar surface area (TPSA) is 89.9 Å². The van der Waals surface area contributed by atoms with Crippen LogP contribution in [-0.2, 0) is 11.3 Å². The molecule has 1 fully saturated rings. The van der Waals surface area contributed by atoms with E-state index in [-0.39, 0.29) is 11.9 Å². The Labute approximate surface area is 164 Å². The van der Waals surface area contributed by atoms with Gasteiger partial charge in [0.05, 0.1) is 6.33 Å². The fourth-order valence-electron chi connectivity index (χ4n) is 4.07. The molecule has 1 aliphatic rings. The standard InChI is InChI=1S/C21H26N6O/c1-14-5-7-16(8-6-14)17-10-15(2)27(11-17)18(28)4-3-9-26-13-25-19-20(22)23-12-24-21(19)26/h5-8,12-13,15,17H,3-4,9-11H2,1-2H3,(H2,22,23,24). The van der Waals surface area contributed by atoms with Gasteiger partial charge in [0.15, 0.2) is 11.5 Å². The van der Waals surface area contributed by atoms with Gasteiger partial charge in [-0.1, -0.05) is 29.8 Å². The number of carbonyl (C=O) groups excluding carboxylic acids is 1. The van der Waals surface area contributed by atoms with E-state index in [0.29, 0.717) is 35.9 Å². The number of hydrogen-bond acceptors (Lipinski definition) is 5. The van der Waals surface area contributed by atoms with Crippen molar-refractivity contribution >= 4 is 22.9 Å². The summed E-state index contributed by atoms with van der Waals surface area (Å²) in [4.78, 5) is 27.3. The summed E-state index contributed by atoms with van der Waals surface area (Å²) in [6.45, 7) is 5.74. The molecule has 0 spiro atoms. The Bertz CT molecular complexity index is 980. The van der Waals surface area contributed by atoms with Crippen LogP contribution in [0.1, 0.15) is 43.2 Å². The summed E-state index contributed by atoms with van der Waals surface area (Å²) in [5, 5.41) is 0. The predicted octanol–water partition coefficient (Wildman–Crippen LogP) is 2.90. The van der Waals surface area contributed by atoms with Crippen LogP contribution in [0, 0.1) is 6.92 Å². The highest BCUT2D eigenvalue weighted by Gasteiger charge is 2.32. The minimum atomic E-state index is 0.223. The van der Waals surface area contributed by atoms with Crippen molar-refractivity contribution in [3.63, 3.8) is 0 Å². The van der Waals surface area contributed by atoms with Crippen LogP contribution in [0.3, 0.4) is 0 Å². The Morgan fingerprint density at radius 2 is 2.00 bits per heavy atom. The van der Waals surface area contributed by atoms with Crippen molar-refractivity contribution in [2.75, 3.05) is 12.3 Å². The van der Waals surface area contributed by atoms with Crippen molar-refractivity contribution in [3.8, 4) is 0 Å². The molecule has 7 nitrogen and oxygen atoms in total. The molecule has 1 aliphatic heterocycles. The number of benzene rings is 1. The van der Waals surface area contributed by atoms with E-state index in [1.165, 1.54) is 17.5 Å². The van der Waals surface area contributed by atoms with Gasteiger partial charge in [-0.25, -0.2) is 15.0 Å². The Morgan fingerprint density at radius 1 is 1.21 bits per heavy atom. The van der Waals surface area contributed by atoms with Gasteiger partial charge >= 0.3 is 0 Å². The molecule has 2 N–H and O–H groups in total. The summed E-state index contributed by atoms with van der Waals surface area (Å²) in [6, 6.07) is 8.96. The van der Waals surface area contributed by atoms with Gasteiger partial charge in [0.2, 0.25) is 5.91 Å². The number of rotatable bonds is 5. The van der Waals surface area contributed by atoms with E-state index < -0.39 is 0 Å². The minimum Gasteiger partial charge on any atom is -0.382 e. The average molecular weight is 378 g/mol. The number of aryl methyl sites for hydroxylation is 2. The molecule has 4 rings (SSSR count). The predicted molar refractivity (Wildman–Crippen MR) is 109 cm³/mol. The third-order valence-corrected chi connectivity index (χ3v) is 5.66. The molecule has 2 aromatic heterocycles. The van der Waals surface area contributed by atoms with Crippen molar-refractivity contribution in [2.24, 2.45) is 0 Å². The summed E-state index contributed by atoms with van der Waals surface area (Å²) in [6.07, 6.45) is 5.44. The Kier molecular flexibility index (Phi) is 4.98. The van der Waals surface area contributed by atoms with Crippen molar-refractivity contribution in [3.05, 3.63) is 48.0 Å². The third kappa shape index (κ3) is 3.56. The SMILES string of the molecule is Cc1ccc(C2CC(C)N(C(=O)CCCn3cnc4c(N)ncnc43)C2)cc1. The summed E-state index contributed by atoms with van der Waals surface area (Å²) in [5.41, 5.74) is 9.75. The van der Waals surface area contributed by atoms with Gasteiger partial charge in [-0.15, -0.1) is 0 Å². The van der Waals surface area contributed by atoms with Crippen LogP contribution in [0.25, 0.3) is 11.2 Å². The normalized spacial score (nSPS) is 19.4. The zero-order valence-electron chi connectivity index (χ0n) is 16.4. The van der Waals surface area contributed by atoms with Crippen molar-refractivity contribution in [2.45, 2.75) is 51.6 Å². The number of hydrogen-bond donors (Lipinski definition) is 1. The molecule has 0 radical (unpaired) electrons. The van der Waals surface area contributed by atoms with E-state index >= 15 is 0 Å². The van der Waals surface area contributed by atoms with Crippen molar-refractivity contribution in [1.29, 1.82) is 0 Å². The first-order valence-electron chi connectivity index (χ1n) is 9.80. The van der Waals surface area contributed by atoms with E-state index in [0.717, 1.165) is 19.4 Å². The van der Waals surface area contributed by atoms with Crippen LogP contribution in [0.15, 0.2) is 36.9 Å². The third-order valence-electron chi connectivity index (χ3n) is 5.66. The number of amides is 1. The van der Waals surface area contributed by atoms with Gasteiger partial charge in [-0.05, 0) is 32.3 Å². The molecule has 2 atom stereocenters. The highest BCUT2D eigenvalue weighted by molar-refractivity contribution is 5.81. The van der Waals surface area contributed by atoms with Gasteiger partial charge in [0.1, 0.15) is 11.8 Å². The fraction of sp³-hybridized carbons (Fsp3) is 0.429. The van der Waals surface area contributed by atoms with Crippen LogP contribution in [0.4, 0.5) is 5.82 Å². The lowest BCUT2D eigenvalue weighted by atomic mass is 9.96. The number of nitrogens with zero attached hydrogens (tertiary/aromatic N) is 5. The Balaban J connectivity index is 1.34. The highest BCUT2D eigenvalue weighted by atomic mass is 16.2. The molecule has 28 heavy (non-hydrogen) atoms. The van der Waals surface area contributed by atoms with Crippen LogP contribution in [0.5, 0.6) is 0 Å². The molecular weight excluding hydrogens is 352 g/mol. The maximum Gasteiger partial charge on any atom is 0.222 e. The Hall–Kier alpha value is -2.96. The maximum atomic E-state index is 12.8. The van der Waals surface area contributed by atoms with Crippen LogP contribution in [0.2, 0.25) is 0 Å². The van der Waals surface area contributed by atoms with Crippen molar-refractivity contribution < 1.29 is 4.79 Å². The molecule has 0 saturated carbocycles. The molecule has 0 bridgehead atoms. The number of nitrogens with two attached hydrogens (primary N) is 1. The second kappa shape index (κ2) is 7.58. The van der Waals surface area contributed by atoms with Gasteiger partial charge in [-0.3, -0.25) is 4.79 Å². The largest absolute Gasteiger partial charge is 0.382 e. The zero-order valence-corrected chi connectivity index (χ0v) is 16.4. The lowest BCUT2D eigenvalue weighted by Gasteiger charge is -2.21. The second-order valence-corrected chi connectivity index (χ2v) is 7.71. The van der Waals surface area contributed by atoms with E-state index in [2.05, 4.69) is 53.1 Å². The van der Waals surface area contributed by atoms with E-state index in [9.17, 15) is 4.79 Å². The van der Waals surface area contributed by atoms with Gasteiger partial charge in [0.25, 0.3) is 0 Å². The quantitative estimate of drug-likeness (QED) is 0.737. The summed E-state index contributed by atoms with van der Waals surface area (Å²) in [7, 11) is 0. The first kappa shape index (κ1) is 18.4. The number of anilines is 1. The molecule has 1 aromatic carbocycles. The van der Waals surface area contributed by atoms with E-state index in [4.69, 9.17) is 5.73 Å². The molecule has 0 aliphatic carbocycles. The summed E-state index contributed by atoms with van der Waals surface area (Å²) < 4.78 is 1.93. The molecule has 3 aromatic rings. The number of fused-ring (bicyclic) bond motifs is 1. The van der Waals surface area contributed by atoms with Gasteiger partial charge in [0, 0.05) is 31.5 Å². The lowest BCUT2D eigenvalue weighted by molar-refractivity contribution is -0.131. The molecule has 7 heteroatoms. The zero-order chi connectivity index (χ0) is 19.7. The maximum absolute atomic E-state index is 12.8. The smallest absolute Gasteiger partial charge is 0.222 e. The minimum absolute atomic E-state index is 0.223. The summed E-state index contributed by atoms with van der Waals surface area (Å²) >= 11 is 0. The summed E-state index contributed by atoms with van der Waals surface area (Å²) in [5.74, 6) is 1.03. The monoisotopic (exact) mass is 378 g/mol. The highest BCUT2D eigenvalue weighted by Crippen LogP contribution is 2.32. The van der Waals surface area contributed by atoms with Crippen LogP contribution >= 0.6 is 0 Å². The molecular formula is C21H26N6O. The number of nitrogen functional groups attached to an aromatic ring is 1. The molecule has 3 heterocycles. The molecule has 1 amide bonds. The average Bonchev–Trinajstić information content (AvgIpc) is 3.27. The lowest BCUT2D eigenvalue weighted by Crippen LogP contribution is -2.33. The second-order valence-electron chi connectivity index (χ2n) is 7.71. The number of aromatic nitrogens is 4. The van der Waals surface area contributed by atoms with Crippen LogP contribution in [-0.4, -0.2) is 42.9 Å². The Morgan fingerprint density at radius 3 is 2.79 bits per heavy atom. The number of likely N-dealkylation sites (tertiary alicyclic amines) is 1. The van der Waals surface area contributed by atoms with Gasteiger partial charge in [-0.2, -0.15) is 0 Å². The molecule has 146 valence electrons. The van der Waals surface area contributed by atoms with Crippen LogP contribution < -0.4 is 5.73 Å². The molecule has 2 unspecified atom stereocenters.